The number of carboxylic acids is 1. The zero-order chi connectivity index (χ0) is 15.4. The highest BCUT2D eigenvalue weighted by molar-refractivity contribution is 5.89. The lowest BCUT2D eigenvalue weighted by Crippen LogP contribution is -2.05. The van der Waals surface area contributed by atoms with E-state index in [1.165, 1.54) is 0 Å². The molecule has 0 aliphatic heterocycles. The van der Waals surface area contributed by atoms with Crippen LogP contribution in [0.3, 0.4) is 0 Å². The second-order valence-corrected chi connectivity index (χ2v) is 4.97. The van der Waals surface area contributed by atoms with Gasteiger partial charge in [-0.2, -0.15) is 0 Å². The van der Waals surface area contributed by atoms with Gasteiger partial charge in [-0.3, -0.25) is 4.79 Å². The van der Waals surface area contributed by atoms with E-state index in [9.17, 15) is 14.7 Å². The molecule has 1 N–H and O–H groups in total. The smallest absolute Gasteiger partial charge is 0.335 e. The maximum Gasteiger partial charge on any atom is 0.335 e. The van der Waals surface area contributed by atoms with Gasteiger partial charge in [0.1, 0.15) is 5.75 Å². The molecule has 2 aromatic rings. The van der Waals surface area contributed by atoms with E-state index in [4.69, 9.17) is 4.74 Å². The largest absolute Gasteiger partial charge is 0.478 e. The number of carbonyl (C=O) groups is 2. The summed E-state index contributed by atoms with van der Waals surface area (Å²) >= 11 is 0. The molecule has 4 nitrogen and oxygen atoms in total. The third kappa shape index (κ3) is 3.48. The molecule has 2 aromatic carbocycles. The van der Waals surface area contributed by atoms with Gasteiger partial charge in [0, 0.05) is 6.42 Å². The predicted octanol–water partition coefficient (Wildman–Crippen LogP) is 3.13. The quantitative estimate of drug-likeness (QED) is 0.857. The van der Waals surface area contributed by atoms with Crippen molar-refractivity contribution in [2.45, 2.75) is 20.3 Å². The van der Waals surface area contributed by atoms with Crippen molar-refractivity contribution in [1.82, 2.24) is 0 Å². The molecule has 0 heterocycles. The number of benzene rings is 2. The number of rotatable bonds is 5. The van der Waals surface area contributed by atoms with Crippen LogP contribution in [-0.4, -0.2) is 17.5 Å². The summed E-state index contributed by atoms with van der Waals surface area (Å²) in [6, 6.07) is 10.8. The van der Waals surface area contributed by atoms with Crippen molar-refractivity contribution in [3.63, 3.8) is 0 Å². The maximum atomic E-state index is 11.3. The normalized spacial score (nSPS) is 10.2. The van der Waals surface area contributed by atoms with Gasteiger partial charge in [0.2, 0.25) is 0 Å². The van der Waals surface area contributed by atoms with Crippen molar-refractivity contribution in [2.24, 2.45) is 0 Å². The fraction of sp³-hybridized carbons (Fsp3) is 0.176. The van der Waals surface area contributed by atoms with Crippen LogP contribution in [-0.2, 0) is 11.2 Å². The van der Waals surface area contributed by atoms with Crippen molar-refractivity contribution in [1.29, 1.82) is 0 Å². The summed E-state index contributed by atoms with van der Waals surface area (Å²) in [7, 11) is 0. The number of aryl methyl sites for hydroxylation is 2. The molecule has 0 saturated heterocycles. The molecule has 21 heavy (non-hydrogen) atoms. The molecule has 0 spiro atoms. The van der Waals surface area contributed by atoms with Crippen LogP contribution in [0.5, 0.6) is 5.75 Å². The number of ether oxygens (including phenoxy) is 1. The van der Waals surface area contributed by atoms with E-state index in [0.29, 0.717) is 24.2 Å². The minimum Gasteiger partial charge on any atom is -0.478 e. The molecule has 0 aromatic heterocycles. The molecular formula is C17H16O4. The summed E-state index contributed by atoms with van der Waals surface area (Å²) in [5.41, 5.74) is 3.60. The molecule has 0 radical (unpaired) electrons. The Bertz CT molecular complexity index is 689. The van der Waals surface area contributed by atoms with E-state index in [0.717, 1.165) is 16.7 Å². The number of carbonyl (C=O) groups excluding carboxylic acids is 1. The average Bonchev–Trinajstić information content (AvgIpc) is 2.43. The third-order valence-electron chi connectivity index (χ3n) is 3.27. The van der Waals surface area contributed by atoms with E-state index in [-0.39, 0.29) is 5.56 Å². The number of carboxylic acid groups (broad SMARTS) is 1. The Labute approximate surface area is 123 Å². The summed E-state index contributed by atoms with van der Waals surface area (Å²) in [6.45, 7) is 4.13. The lowest BCUT2D eigenvalue weighted by molar-refractivity contribution is -0.120. The molecule has 0 amide bonds. The second-order valence-electron chi connectivity index (χ2n) is 4.97. The number of aromatic carboxylic acids is 1. The Morgan fingerprint density at radius 1 is 1.10 bits per heavy atom. The summed E-state index contributed by atoms with van der Waals surface area (Å²) in [6.07, 6.45) is 0.394. The van der Waals surface area contributed by atoms with E-state index in [2.05, 4.69) is 0 Å². The van der Waals surface area contributed by atoms with E-state index in [1.54, 1.807) is 18.2 Å². The van der Waals surface area contributed by atoms with Crippen molar-refractivity contribution in [3.8, 4) is 5.75 Å². The van der Waals surface area contributed by atoms with Crippen LogP contribution in [0.2, 0.25) is 0 Å². The highest BCUT2D eigenvalue weighted by atomic mass is 16.5. The van der Waals surface area contributed by atoms with Gasteiger partial charge in [-0.25, -0.2) is 4.79 Å². The van der Waals surface area contributed by atoms with Crippen molar-refractivity contribution in [3.05, 3.63) is 64.2 Å². The number of hydrogen-bond acceptors (Lipinski definition) is 3. The predicted molar refractivity (Wildman–Crippen MR) is 78.8 cm³/mol. The van der Waals surface area contributed by atoms with Gasteiger partial charge in [0.05, 0.1) is 5.56 Å². The van der Waals surface area contributed by atoms with Crippen LogP contribution < -0.4 is 4.74 Å². The molecular weight excluding hydrogens is 268 g/mol. The third-order valence-corrected chi connectivity index (χ3v) is 3.27. The molecule has 0 aliphatic rings. The molecule has 0 saturated carbocycles. The Morgan fingerprint density at radius 3 is 2.33 bits per heavy atom. The first-order valence-corrected chi connectivity index (χ1v) is 6.54. The van der Waals surface area contributed by atoms with E-state index in [1.807, 2.05) is 32.0 Å². The van der Waals surface area contributed by atoms with E-state index >= 15 is 0 Å². The minimum atomic E-state index is -0.960. The van der Waals surface area contributed by atoms with Crippen LogP contribution in [0.25, 0.3) is 0 Å². The average molecular weight is 284 g/mol. The van der Waals surface area contributed by atoms with Gasteiger partial charge >= 0.3 is 5.97 Å². The summed E-state index contributed by atoms with van der Waals surface area (Å²) in [4.78, 5) is 21.9. The Kier molecular flexibility index (Phi) is 4.38. The molecule has 0 fully saturated rings. The maximum absolute atomic E-state index is 11.3. The first-order chi connectivity index (χ1) is 10.0. The van der Waals surface area contributed by atoms with Crippen LogP contribution in [0.1, 0.15) is 32.6 Å². The molecule has 0 aliphatic carbocycles. The summed E-state index contributed by atoms with van der Waals surface area (Å²) in [5, 5.41) is 9.30. The van der Waals surface area contributed by atoms with Crippen LogP contribution in [0.15, 0.2) is 36.4 Å². The van der Waals surface area contributed by atoms with Crippen molar-refractivity contribution >= 4 is 12.4 Å². The molecule has 2 rings (SSSR count). The highest BCUT2D eigenvalue weighted by Gasteiger charge is 2.13. The fourth-order valence-electron chi connectivity index (χ4n) is 2.22. The van der Waals surface area contributed by atoms with Gasteiger partial charge in [0.25, 0.3) is 6.47 Å². The molecule has 0 bridgehead atoms. The van der Waals surface area contributed by atoms with Gasteiger partial charge in [-0.15, -0.1) is 0 Å². The molecule has 4 heteroatoms. The first kappa shape index (κ1) is 14.8. The minimum absolute atomic E-state index is 0.271. The molecule has 108 valence electrons. The first-order valence-electron chi connectivity index (χ1n) is 6.54. The highest BCUT2D eigenvalue weighted by Crippen LogP contribution is 2.25. The second kappa shape index (κ2) is 6.22. The van der Waals surface area contributed by atoms with Crippen LogP contribution in [0, 0.1) is 13.8 Å². The van der Waals surface area contributed by atoms with E-state index < -0.39 is 5.97 Å². The zero-order valence-corrected chi connectivity index (χ0v) is 11.9. The van der Waals surface area contributed by atoms with Crippen molar-refractivity contribution < 1.29 is 19.4 Å². The van der Waals surface area contributed by atoms with Crippen molar-refractivity contribution in [2.75, 3.05) is 0 Å². The fourth-order valence-corrected chi connectivity index (χ4v) is 2.22. The van der Waals surface area contributed by atoms with Gasteiger partial charge in [0.15, 0.2) is 0 Å². The lowest BCUT2D eigenvalue weighted by Gasteiger charge is -2.11. The topological polar surface area (TPSA) is 63.6 Å². The van der Waals surface area contributed by atoms with Gasteiger partial charge in [-0.05, 0) is 42.7 Å². The Balaban J connectivity index is 2.43. The lowest BCUT2D eigenvalue weighted by atomic mass is 9.97. The monoisotopic (exact) mass is 284 g/mol. The molecule has 0 unspecified atom stereocenters. The summed E-state index contributed by atoms with van der Waals surface area (Å²) in [5.74, 6) is -0.499. The molecule has 0 atom stereocenters. The Morgan fingerprint density at radius 2 is 1.71 bits per heavy atom. The van der Waals surface area contributed by atoms with Gasteiger partial charge in [-0.1, -0.05) is 29.8 Å². The Hall–Kier alpha value is -2.62. The van der Waals surface area contributed by atoms with Crippen LogP contribution in [0.4, 0.5) is 0 Å². The zero-order valence-electron chi connectivity index (χ0n) is 11.9. The summed E-state index contributed by atoms with van der Waals surface area (Å²) < 4.78 is 4.99. The standard InChI is InChI=1S/C17H16O4/c1-11-3-5-13(15(7-11)17(19)20)9-14-6-4-12(2)8-16(14)21-10-18/h3-8,10H,9H2,1-2H3,(H,19,20). The van der Waals surface area contributed by atoms with Gasteiger partial charge < -0.3 is 9.84 Å². The van der Waals surface area contributed by atoms with Crippen LogP contribution >= 0.6 is 0 Å². The number of hydrogen-bond donors (Lipinski definition) is 1. The SMILES string of the molecule is Cc1ccc(Cc2ccc(C)cc2C(=O)O)c(OC=O)c1.